The van der Waals surface area contributed by atoms with Crippen LogP contribution < -0.4 is 10.5 Å². The Labute approximate surface area is 126 Å². The molecule has 0 bridgehead atoms. The van der Waals surface area contributed by atoms with Gasteiger partial charge in [-0.15, -0.1) is 0 Å². The van der Waals surface area contributed by atoms with Crippen molar-refractivity contribution in [2.24, 2.45) is 5.73 Å². The number of rotatable bonds is 7. The molecule has 5 heteroatoms. The maximum Gasteiger partial charge on any atom is 0.260 e. The van der Waals surface area contributed by atoms with Gasteiger partial charge >= 0.3 is 0 Å². The topological polar surface area (TPSA) is 58.8 Å². The molecule has 1 aromatic rings. The first kappa shape index (κ1) is 15.8. The number of unbranched alkanes of at least 4 members (excludes halogenated alkanes) is 1. The van der Waals surface area contributed by atoms with Crippen LogP contribution in [0, 0.1) is 0 Å². The Kier molecular flexibility index (Phi) is 6.50. The normalized spacial score (nSPS) is 16.0. The molecule has 1 saturated heterocycles. The molecule has 0 radical (unpaired) electrons. The van der Waals surface area contributed by atoms with E-state index in [2.05, 4.69) is 4.90 Å². The summed E-state index contributed by atoms with van der Waals surface area (Å²) in [5.74, 6) is 0.812. The van der Waals surface area contributed by atoms with Gasteiger partial charge in [0, 0.05) is 26.2 Å². The van der Waals surface area contributed by atoms with Gasteiger partial charge in [-0.1, -0.05) is 18.2 Å². The average molecular weight is 291 g/mol. The second-order valence-electron chi connectivity index (χ2n) is 5.32. The molecule has 2 N–H and O–H groups in total. The van der Waals surface area contributed by atoms with Gasteiger partial charge in [-0.25, -0.2) is 0 Å². The highest BCUT2D eigenvalue weighted by molar-refractivity contribution is 5.77. The van der Waals surface area contributed by atoms with Crippen LogP contribution in [-0.2, 0) is 4.79 Å². The van der Waals surface area contributed by atoms with Crippen LogP contribution >= 0.6 is 0 Å². The van der Waals surface area contributed by atoms with Gasteiger partial charge in [0.2, 0.25) is 0 Å². The summed E-state index contributed by atoms with van der Waals surface area (Å²) >= 11 is 0. The molecule has 1 amide bonds. The second kappa shape index (κ2) is 8.64. The number of hydrogen-bond acceptors (Lipinski definition) is 4. The molecule has 0 aromatic heterocycles. The summed E-state index contributed by atoms with van der Waals surface area (Å²) in [5, 5.41) is 0. The van der Waals surface area contributed by atoms with E-state index in [-0.39, 0.29) is 12.5 Å². The summed E-state index contributed by atoms with van der Waals surface area (Å²) in [6.07, 6.45) is 2.21. The van der Waals surface area contributed by atoms with E-state index in [0.29, 0.717) is 0 Å². The zero-order valence-electron chi connectivity index (χ0n) is 12.5. The third-order valence-electron chi connectivity index (χ3n) is 3.76. The van der Waals surface area contributed by atoms with Gasteiger partial charge in [-0.2, -0.15) is 0 Å². The molecule has 21 heavy (non-hydrogen) atoms. The number of para-hydroxylation sites is 1. The van der Waals surface area contributed by atoms with Crippen LogP contribution in [0.3, 0.4) is 0 Å². The molecule has 1 aliphatic rings. The molecule has 0 atom stereocenters. The predicted octanol–water partition coefficient (Wildman–Crippen LogP) is 0.949. The summed E-state index contributed by atoms with van der Waals surface area (Å²) < 4.78 is 5.51. The smallest absolute Gasteiger partial charge is 0.260 e. The number of nitrogens with zero attached hydrogens (tertiary/aromatic N) is 2. The average Bonchev–Trinajstić information content (AvgIpc) is 2.54. The maximum atomic E-state index is 12.1. The summed E-state index contributed by atoms with van der Waals surface area (Å²) in [6, 6.07) is 9.46. The Morgan fingerprint density at radius 1 is 1.10 bits per heavy atom. The summed E-state index contributed by atoms with van der Waals surface area (Å²) in [7, 11) is 0. The highest BCUT2D eigenvalue weighted by Gasteiger charge is 2.20. The minimum absolute atomic E-state index is 0.0699. The fourth-order valence-corrected chi connectivity index (χ4v) is 2.45. The molecule has 0 aliphatic carbocycles. The first-order valence-electron chi connectivity index (χ1n) is 7.67. The molecule has 2 rings (SSSR count). The molecule has 116 valence electrons. The zero-order valence-corrected chi connectivity index (χ0v) is 12.5. The van der Waals surface area contributed by atoms with Crippen LogP contribution in [0.15, 0.2) is 30.3 Å². The quantitative estimate of drug-likeness (QED) is 0.760. The fraction of sp³-hybridized carbons (Fsp3) is 0.562. The van der Waals surface area contributed by atoms with Crippen molar-refractivity contribution in [2.75, 3.05) is 45.9 Å². The van der Waals surface area contributed by atoms with E-state index in [1.165, 1.54) is 0 Å². The Morgan fingerprint density at radius 3 is 2.48 bits per heavy atom. The molecule has 0 saturated carbocycles. The molecular weight excluding hydrogens is 266 g/mol. The second-order valence-corrected chi connectivity index (χ2v) is 5.32. The van der Waals surface area contributed by atoms with Crippen molar-refractivity contribution in [3.63, 3.8) is 0 Å². The van der Waals surface area contributed by atoms with Gasteiger partial charge < -0.3 is 15.4 Å². The maximum absolute atomic E-state index is 12.1. The van der Waals surface area contributed by atoms with E-state index in [9.17, 15) is 4.79 Å². The lowest BCUT2D eigenvalue weighted by atomic mass is 10.2. The minimum atomic E-state index is 0.0699. The number of nitrogens with two attached hydrogens (primary N) is 1. The fourth-order valence-electron chi connectivity index (χ4n) is 2.45. The summed E-state index contributed by atoms with van der Waals surface area (Å²) in [6.45, 7) is 5.44. The third-order valence-corrected chi connectivity index (χ3v) is 3.76. The van der Waals surface area contributed by atoms with Gasteiger partial charge in [-0.05, 0) is 38.1 Å². The number of piperazine rings is 1. The number of hydrogen-bond donors (Lipinski definition) is 1. The standard InChI is InChI=1S/C16H25N3O2/c17-8-4-5-9-18-10-12-19(13-11-18)16(20)14-21-15-6-2-1-3-7-15/h1-3,6-7H,4-5,8-14,17H2. The van der Waals surface area contributed by atoms with Crippen molar-refractivity contribution in [3.8, 4) is 5.75 Å². The highest BCUT2D eigenvalue weighted by Crippen LogP contribution is 2.09. The van der Waals surface area contributed by atoms with E-state index in [4.69, 9.17) is 10.5 Å². The van der Waals surface area contributed by atoms with Crippen molar-refractivity contribution in [2.45, 2.75) is 12.8 Å². The van der Waals surface area contributed by atoms with Gasteiger partial charge in [-0.3, -0.25) is 9.69 Å². The van der Waals surface area contributed by atoms with Crippen LogP contribution in [0.4, 0.5) is 0 Å². The Morgan fingerprint density at radius 2 is 1.81 bits per heavy atom. The molecular formula is C16H25N3O2. The molecule has 1 fully saturated rings. The van der Waals surface area contributed by atoms with E-state index >= 15 is 0 Å². The van der Waals surface area contributed by atoms with Crippen molar-refractivity contribution in [3.05, 3.63) is 30.3 Å². The Balaban J connectivity index is 1.66. The molecule has 1 aliphatic heterocycles. The van der Waals surface area contributed by atoms with E-state index in [1.807, 2.05) is 35.2 Å². The monoisotopic (exact) mass is 291 g/mol. The number of carbonyl (C=O) groups excluding carboxylic acids is 1. The number of carbonyl (C=O) groups is 1. The molecule has 5 nitrogen and oxygen atoms in total. The molecule has 0 unspecified atom stereocenters. The first-order valence-corrected chi connectivity index (χ1v) is 7.67. The van der Waals surface area contributed by atoms with Gasteiger partial charge in [0.1, 0.15) is 5.75 Å². The van der Waals surface area contributed by atoms with Gasteiger partial charge in [0.05, 0.1) is 0 Å². The minimum Gasteiger partial charge on any atom is -0.484 e. The van der Waals surface area contributed by atoms with Crippen LogP contribution in [0.5, 0.6) is 5.75 Å². The largest absolute Gasteiger partial charge is 0.484 e. The predicted molar refractivity (Wildman–Crippen MR) is 83.2 cm³/mol. The van der Waals surface area contributed by atoms with E-state index in [0.717, 1.165) is 57.9 Å². The van der Waals surface area contributed by atoms with Crippen LogP contribution in [0.2, 0.25) is 0 Å². The number of ether oxygens (including phenoxy) is 1. The van der Waals surface area contributed by atoms with Gasteiger partial charge in [0.25, 0.3) is 5.91 Å². The Hall–Kier alpha value is -1.59. The van der Waals surface area contributed by atoms with E-state index < -0.39 is 0 Å². The molecule has 1 aromatic carbocycles. The van der Waals surface area contributed by atoms with Crippen LogP contribution in [0.25, 0.3) is 0 Å². The van der Waals surface area contributed by atoms with Gasteiger partial charge in [0.15, 0.2) is 6.61 Å². The lowest BCUT2D eigenvalue weighted by Crippen LogP contribution is -2.50. The molecule has 1 heterocycles. The SMILES string of the molecule is NCCCCN1CCN(C(=O)COc2ccccc2)CC1. The zero-order chi connectivity index (χ0) is 14.9. The first-order chi connectivity index (χ1) is 10.3. The van der Waals surface area contributed by atoms with Crippen molar-refractivity contribution in [1.29, 1.82) is 0 Å². The highest BCUT2D eigenvalue weighted by atomic mass is 16.5. The van der Waals surface area contributed by atoms with Crippen LogP contribution in [-0.4, -0.2) is 61.6 Å². The third kappa shape index (κ3) is 5.36. The number of benzene rings is 1. The lowest BCUT2D eigenvalue weighted by molar-refractivity contribution is -0.135. The Bertz CT molecular complexity index is 417. The van der Waals surface area contributed by atoms with Crippen molar-refractivity contribution < 1.29 is 9.53 Å². The lowest BCUT2D eigenvalue weighted by Gasteiger charge is -2.34. The van der Waals surface area contributed by atoms with E-state index in [1.54, 1.807) is 0 Å². The molecule has 0 spiro atoms. The summed E-state index contributed by atoms with van der Waals surface area (Å²) in [4.78, 5) is 16.4. The summed E-state index contributed by atoms with van der Waals surface area (Å²) in [5.41, 5.74) is 5.50. The van der Waals surface area contributed by atoms with Crippen molar-refractivity contribution in [1.82, 2.24) is 9.80 Å². The number of amides is 1. The van der Waals surface area contributed by atoms with Crippen LogP contribution in [0.1, 0.15) is 12.8 Å². The van der Waals surface area contributed by atoms with Crippen molar-refractivity contribution >= 4 is 5.91 Å².